The van der Waals surface area contributed by atoms with Gasteiger partial charge >= 0.3 is 0 Å². The van der Waals surface area contributed by atoms with Gasteiger partial charge in [-0.05, 0) is 48.4 Å². The van der Waals surface area contributed by atoms with E-state index >= 15 is 0 Å². The highest BCUT2D eigenvalue weighted by atomic mass is 79.9. The normalized spacial score (nSPS) is 12.4. The Bertz CT molecular complexity index is 581. The van der Waals surface area contributed by atoms with Gasteiger partial charge in [0.1, 0.15) is 0 Å². The molecule has 1 atom stereocenters. The summed E-state index contributed by atoms with van der Waals surface area (Å²) in [6.07, 6.45) is 2.30. The molecule has 0 spiro atoms. The molecule has 0 saturated heterocycles. The lowest BCUT2D eigenvalue weighted by Crippen LogP contribution is -2.18. The van der Waals surface area contributed by atoms with Crippen LogP contribution in [0.3, 0.4) is 0 Å². The topological polar surface area (TPSA) is 12.0 Å². The number of aryl methyl sites for hydroxylation is 1. The third kappa shape index (κ3) is 3.72. The van der Waals surface area contributed by atoms with Crippen LogP contribution in [0.2, 0.25) is 0 Å². The summed E-state index contributed by atoms with van der Waals surface area (Å²) < 4.78 is 2.22. The Hall–Kier alpha value is -0.640. The molecule has 2 aromatic rings. The maximum atomic E-state index is 3.66. The first kappa shape index (κ1) is 15.7. The third-order valence-corrected chi connectivity index (χ3v) is 4.60. The van der Waals surface area contributed by atoms with Crippen LogP contribution in [0.1, 0.15) is 36.1 Å². The molecule has 2 aromatic carbocycles. The molecule has 0 aliphatic rings. The van der Waals surface area contributed by atoms with Crippen molar-refractivity contribution in [2.24, 2.45) is 0 Å². The summed E-state index contributed by atoms with van der Waals surface area (Å²) in [4.78, 5) is 0. The molecular weight excluding hydrogens is 378 g/mol. The van der Waals surface area contributed by atoms with Crippen molar-refractivity contribution >= 4 is 31.9 Å². The highest BCUT2D eigenvalue weighted by Gasteiger charge is 2.15. The molecule has 0 aliphatic heterocycles. The minimum Gasteiger partial charge on any atom is -0.309 e. The summed E-state index contributed by atoms with van der Waals surface area (Å²) in [5, 5.41) is 3.42. The van der Waals surface area contributed by atoms with E-state index in [2.05, 4.69) is 80.5 Å². The molecule has 0 radical (unpaired) electrons. The average Bonchev–Trinajstić information content (AvgIpc) is 2.44. The first-order valence-corrected chi connectivity index (χ1v) is 8.45. The molecule has 0 saturated carbocycles. The van der Waals surface area contributed by atoms with Gasteiger partial charge in [-0.25, -0.2) is 0 Å². The van der Waals surface area contributed by atoms with E-state index in [0.717, 1.165) is 15.4 Å². The van der Waals surface area contributed by atoms with E-state index in [1.165, 1.54) is 23.1 Å². The Balaban J connectivity index is 2.41. The molecule has 1 N–H and O–H groups in total. The van der Waals surface area contributed by atoms with Crippen molar-refractivity contribution < 1.29 is 0 Å². The Morgan fingerprint density at radius 3 is 2.60 bits per heavy atom. The molecule has 106 valence electrons. The number of rotatable bonds is 5. The fourth-order valence-electron chi connectivity index (χ4n) is 2.45. The molecule has 0 fully saturated rings. The maximum Gasteiger partial charge on any atom is 0.0585 e. The first-order valence-electron chi connectivity index (χ1n) is 6.86. The predicted molar refractivity (Wildman–Crippen MR) is 93.2 cm³/mol. The van der Waals surface area contributed by atoms with Crippen molar-refractivity contribution in [2.45, 2.75) is 25.8 Å². The van der Waals surface area contributed by atoms with Gasteiger partial charge in [0.2, 0.25) is 0 Å². The van der Waals surface area contributed by atoms with E-state index in [-0.39, 0.29) is 6.04 Å². The van der Waals surface area contributed by atoms with Crippen molar-refractivity contribution in [3.8, 4) is 0 Å². The summed E-state index contributed by atoms with van der Waals surface area (Å²) in [6, 6.07) is 15.3. The van der Waals surface area contributed by atoms with Gasteiger partial charge in [0.25, 0.3) is 0 Å². The molecule has 0 bridgehead atoms. The van der Waals surface area contributed by atoms with Crippen molar-refractivity contribution in [3.05, 3.63) is 68.1 Å². The second-order valence-corrected chi connectivity index (χ2v) is 6.65. The number of halogens is 2. The Labute approximate surface area is 138 Å². The highest BCUT2D eigenvalue weighted by Crippen LogP contribution is 2.31. The van der Waals surface area contributed by atoms with Crippen LogP contribution in [0.15, 0.2) is 51.4 Å². The van der Waals surface area contributed by atoms with E-state index in [1.54, 1.807) is 0 Å². The van der Waals surface area contributed by atoms with E-state index in [4.69, 9.17) is 0 Å². The van der Waals surface area contributed by atoms with Gasteiger partial charge in [0.15, 0.2) is 0 Å². The molecule has 1 nitrogen and oxygen atoms in total. The summed E-state index contributed by atoms with van der Waals surface area (Å²) in [6.45, 7) is 2.22. The monoisotopic (exact) mass is 395 g/mol. The van der Waals surface area contributed by atoms with Gasteiger partial charge in [0, 0.05) is 8.95 Å². The van der Waals surface area contributed by atoms with Crippen LogP contribution in [0.25, 0.3) is 0 Å². The second kappa shape index (κ2) is 7.39. The smallest absolute Gasteiger partial charge is 0.0585 e. The minimum absolute atomic E-state index is 0.193. The van der Waals surface area contributed by atoms with Crippen molar-refractivity contribution in [2.75, 3.05) is 7.05 Å². The zero-order valence-corrected chi connectivity index (χ0v) is 15.0. The molecule has 0 aromatic heterocycles. The Morgan fingerprint density at radius 1 is 1.10 bits per heavy atom. The lowest BCUT2D eigenvalue weighted by atomic mass is 9.96. The van der Waals surface area contributed by atoms with E-state index in [9.17, 15) is 0 Å². The standard InChI is InChI=1S/C17H19Br2N/c1-3-5-12-6-4-7-13(10-12)17(20-2)15-11-14(18)8-9-16(15)19/h4,6-11,17,20H,3,5H2,1-2H3. The SMILES string of the molecule is CCCc1cccc(C(NC)c2cc(Br)ccc2Br)c1. The van der Waals surface area contributed by atoms with E-state index in [0.29, 0.717) is 0 Å². The number of benzene rings is 2. The van der Waals surface area contributed by atoms with Crippen molar-refractivity contribution in [1.29, 1.82) is 0 Å². The lowest BCUT2D eigenvalue weighted by molar-refractivity contribution is 0.687. The Morgan fingerprint density at radius 2 is 1.90 bits per heavy atom. The number of hydrogen-bond donors (Lipinski definition) is 1. The largest absolute Gasteiger partial charge is 0.309 e. The van der Waals surface area contributed by atoms with Gasteiger partial charge in [0.05, 0.1) is 6.04 Å². The maximum absolute atomic E-state index is 3.66. The molecule has 2 rings (SSSR count). The van der Waals surface area contributed by atoms with Gasteiger partial charge in [-0.1, -0.05) is 69.5 Å². The zero-order valence-electron chi connectivity index (χ0n) is 11.8. The number of hydrogen-bond acceptors (Lipinski definition) is 1. The second-order valence-electron chi connectivity index (χ2n) is 4.88. The van der Waals surface area contributed by atoms with Gasteiger partial charge in [-0.15, -0.1) is 0 Å². The van der Waals surface area contributed by atoms with Gasteiger partial charge in [-0.2, -0.15) is 0 Å². The zero-order chi connectivity index (χ0) is 14.5. The molecule has 0 amide bonds. The van der Waals surface area contributed by atoms with Crippen LogP contribution in [-0.2, 0) is 6.42 Å². The van der Waals surface area contributed by atoms with Crippen LogP contribution < -0.4 is 5.32 Å². The van der Waals surface area contributed by atoms with Gasteiger partial charge < -0.3 is 5.32 Å². The Kier molecular flexibility index (Phi) is 5.82. The quantitative estimate of drug-likeness (QED) is 0.706. The summed E-state index contributed by atoms with van der Waals surface area (Å²) >= 11 is 7.21. The van der Waals surface area contributed by atoms with E-state index in [1.807, 2.05) is 13.1 Å². The third-order valence-electron chi connectivity index (χ3n) is 3.38. The van der Waals surface area contributed by atoms with Crippen LogP contribution in [0.4, 0.5) is 0 Å². The van der Waals surface area contributed by atoms with Gasteiger partial charge in [-0.3, -0.25) is 0 Å². The first-order chi connectivity index (χ1) is 9.65. The lowest BCUT2D eigenvalue weighted by Gasteiger charge is -2.20. The summed E-state index contributed by atoms with van der Waals surface area (Å²) in [5.41, 5.74) is 3.95. The fraction of sp³-hybridized carbons (Fsp3) is 0.294. The van der Waals surface area contributed by atoms with Crippen LogP contribution in [0.5, 0.6) is 0 Å². The van der Waals surface area contributed by atoms with Crippen LogP contribution in [-0.4, -0.2) is 7.05 Å². The molecular formula is C17H19Br2N. The summed E-state index contributed by atoms with van der Waals surface area (Å²) in [5.74, 6) is 0. The molecule has 0 heterocycles. The molecule has 0 aliphatic carbocycles. The average molecular weight is 397 g/mol. The van der Waals surface area contributed by atoms with Crippen LogP contribution in [0, 0.1) is 0 Å². The summed E-state index contributed by atoms with van der Waals surface area (Å²) in [7, 11) is 2.00. The minimum atomic E-state index is 0.193. The molecule has 3 heteroatoms. The number of nitrogens with one attached hydrogen (secondary N) is 1. The highest BCUT2D eigenvalue weighted by molar-refractivity contribution is 9.11. The van der Waals surface area contributed by atoms with Crippen molar-refractivity contribution in [3.63, 3.8) is 0 Å². The predicted octanol–water partition coefficient (Wildman–Crippen LogP) is 5.47. The van der Waals surface area contributed by atoms with Crippen LogP contribution >= 0.6 is 31.9 Å². The molecule has 1 unspecified atom stereocenters. The fourth-order valence-corrected chi connectivity index (χ4v) is 3.31. The van der Waals surface area contributed by atoms with Crippen molar-refractivity contribution in [1.82, 2.24) is 5.32 Å². The molecule has 20 heavy (non-hydrogen) atoms. The van der Waals surface area contributed by atoms with E-state index < -0.39 is 0 Å².